The summed E-state index contributed by atoms with van der Waals surface area (Å²) in [5, 5.41) is 5.59. The minimum Gasteiger partial charge on any atom is -0.361 e. The smallest absolute Gasteiger partial charge is 0.274 e. The van der Waals surface area contributed by atoms with Crippen LogP contribution in [0.15, 0.2) is 67.3 Å². The van der Waals surface area contributed by atoms with Gasteiger partial charge < -0.3 is 9.88 Å². The molecular weight excluding hydrogens is 350 g/mol. The van der Waals surface area contributed by atoms with E-state index >= 15 is 0 Å². The number of carbonyl (C=O) groups is 1. The molecule has 1 amide bonds. The van der Waals surface area contributed by atoms with Crippen molar-refractivity contribution in [1.29, 1.82) is 0 Å². The van der Waals surface area contributed by atoms with Gasteiger partial charge in [0.25, 0.3) is 5.91 Å². The number of benzene rings is 1. The van der Waals surface area contributed by atoms with E-state index in [1.54, 1.807) is 23.1 Å². The van der Waals surface area contributed by atoms with E-state index in [0.717, 1.165) is 24.0 Å². The summed E-state index contributed by atoms with van der Waals surface area (Å²) in [6.07, 6.45) is 8.18. The van der Waals surface area contributed by atoms with Crippen molar-refractivity contribution >= 4 is 16.8 Å². The van der Waals surface area contributed by atoms with Crippen molar-refractivity contribution in [3.05, 3.63) is 84.1 Å². The van der Waals surface area contributed by atoms with E-state index < -0.39 is 0 Å². The molecular formula is C22H23N5O. The lowest BCUT2D eigenvalue weighted by Gasteiger charge is -2.22. The molecule has 0 saturated heterocycles. The molecule has 0 atom stereocenters. The van der Waals surface area contributed by atoms with Gasteiger partial charge in [-0.25, -0.2) is 0 Å². The second-order valence-electron chi connectivity index (χ2n) is 6.75. The first-order valence-electron chi connectivity index (χ1n) is 9.51. The van der Waals surface area contributed by atoms with Crippen LogP contribution >= 0.6 is 0 Å². The van der Waals surface area contributed by atoms with Gasteiger partial charge in [0.15, 0.2) is 0 Å². The quantitative estimate of drug-likeness (QED) is 0.537. The van der Waals surface area contributed by atoms with Crippen molar-refractivity contribution in [1.82, 2.24) is 24.6 Å². The van der Waals surface area contributed by atoms with Gasteiger partial charge in [0.2, 0.25) is 0 Å². The van der Waals surface area contributed by atoms with Crippen molar-refractivity contribution in [3.63, 3.8) is 0 Å². The van der Waals surface area contributed by atoms with Gasteiger partial charge in [0, 0.05) is 55.3 Å². The third-order valence-electron chi connectivity index (χ3n) is 4.89. The summed E-state index contributed by atoms with van der Waals surface area (Å²) in [5.41, 5.74) is 3.80. The molecule has 1 aromatic carbocycles. The van der Waals surface area contributed by atoms with Crippen LogP contribution in [-0.2, 0) is 19.5 Å². The molecule has 3 aromatic heterocycles. The Hall–Kier alpha value is -3.41. The number of carbonyl (C=O) groups excluding carboxylic acids is 1. The van der Waals surface area contributed by atoms with E-state index in [1.165, 1.54) is 10.9 Å². The third-order valence-corrected chi connectivity index (χ3v) is 4.89. The molecule has 0 bridgehead atoms. The number of rotatable bonds is 7. The van der Waals surface area contributed by atoms with Gasteiger partial charge in [-0.05, 0) is 42.7 Å². The van der Waals surface area contributed by atoms with Crippen LogP contribution < -0.4 is 0 Å². The maximum absolute atomic E-state index is 13.1. The fourth-order valence-electron chi connectivity index (χ4n) is 3.37. The number of nitrogens with zero attached hydrogens (tertiary/aromatic N) is 4. The Balaban J connectivity index is 1.56. The molecule has 0 fully saturated rings. The summed E-state index contributed by atoms with van der Waals surface area (Å²) in [6, 6.07) is 13.9. The van der Waals surface area contributed by atoms with Crippen LogP contribution in [0.25, 0.3) is 10.9 Å². The summed E-state index contributed by atoms with van der Waals surface area (Å²) in [4.78, 5) is 22.5. The van der Waals surface area contributed by atoms with Crippen LogP contribution in [-0.4, -0.2) is 37.1 Å². The van der Waals surface area contributed by atoms with Gasteiger partial charge in [0.1, 0.15) is 5.69 Å². The Morgan fingerprint density at radius 3 is 2.86 bits per heavy atom. The van der Waals surface area contributed by atoms with Crippen LogP contribution in [0.1, 0.15) is 28.5 Å². The zero-order valence-corrected chi connectivity index (χ0v) is 15.9. The fourth-order valence-corrected chi connectivity index (χ4v) is 3.37. The summed E-state index contributed by atoms with van der Waals surface area (Å²) in [5.74, 6) is -0.0594. The van der Waals surface area contributed by atoms with E-state index in [4.69, 9.17) is 0 Å². The maximum Gasteiger partial charge on any atom is 0.274 e. The number of aromatic amines is 1. The van der Waals surface area contributed by atoms with E-state index in [0.29, 0.717) is 18.8 Å². The predicted octanol–water partition coefficient (Wildman–Crippen LogP) is 3.66. The van der Waals surface area contributed by atoms with Gasteiger partial charge in [-0.1, -0.05) is 24.3 Å². The summed E-state index contributed by atoms with van der Waals surface area (Å²) >= 11 is 0. The number of aromatic nitrogens is 4. The minimum atomic E-state index is -0.0594. The van der Waals surface area contributed by atoms with Crippen LogP contribution in [0.4, 0.5) is 0 Å². The van der Waals surface area contributed by atoms with E-state index in [9.17, 15) is 4.79 Å². The number of aryl methyl sites for hydroxylation is 1. The second-order valence-corrected chi connectivity index (χ2v) is 6.75. The lowest BCUT2D eigenvalue weighted by Crippen LogP contribution is -2.33. The third kappa shape index (κ3) is 3.81. The molecule has 0 aliphatic carbocycles. The monoisotopic (exact) mass is 373 g/mol. The van der Waals surface area contributed by atoms with Crippen molar-refractivity contribution in [2.45, 2.75) is 26.4 Å². The highest BCUT2D eigenvalue weighted by atomic mass is 16.2. The molecule has 0 spiro atoms. The number of pyridine rings is 1. The van der Waals surface area contributed by atoms with E-state index in [1.807, 2.05) is 48.5 Å². The first-order chi connectivity index (χ1) is 13.7. The lowest BCUT2D eigenvalue weighted by molar-refractivity contribution is 0.0738. The molecule has 0 aliphatic rings. The highest BCUT2D eigenvalue weighted by Gasteiger charge is 2.19. The van der Waals surface area contributed by atoms with Crippen LogP contribution in [0.5, 0.6) is 0 Å². The minimum absolute atomic E-state index is 0.0594. The van der Waals surface area contributed by atoms with Gasteiger partial charge in [-0.15, -0.1) is 0 Å². The number of H-pyrrole nitrogens is 1. The number of amides is 1. The molecule has 6 heteroatoms. The zero-order chi connectivity index (χ0) is 19.3. The topological polar surface area (TPSA) is 66.8 Å². The lowest BCUT2D eigenvalue weighted by atomic mass is 10.1. The van der Waals surface area contributed by atoms with Crippen molar-refractivity contribution < 1.29 is 4.79 Å². The summed E-state index contributed by atoms with van der Waals surface area (Å²) < 4.78 is 1.77. The number of para-hydroxylation sites is 1. The van der Waals surface area contributed by atoms with Gasteiger partial charge >= 0.3 is 0 Å². The van der Waals surface area contributed by atoms with E-state index in [-0.39, 0.29) is 5.91 Å². The first kappa shape index (κ1) is 18.0. The number of hydrogen-bond donors (Lipinski definition) is 1. The van der Waals surface area contributed by atoms with Crippen LogP contribution in [0.2, 0.25) is 0 Å². The molecule has 28 heavy (non-hydrogen) atoms. The summed E-state index contributed by atoms with van der Waals surface area (Å²) in [7, 11) is 0. The molecule has 4 aromatic rings. The molecule has 142 valence electrons. The second kappa shape index (κ2) is 8.08. The number of hydrogen-bond acceptors (Lipinski definition) is 3. The molecule has 0 saturated carbocycles. The molecule has 4 rings (SSSR count). The van der Waals surface area contributed by atoms with Gasteiger partial charge in [0.05, 0.1) is 0 Å². The Bertz CT molecular complexity index is 1070. The highest BCUT2D eigenvalue weighted by Crippen LogP contribution is 2.19. The van der Waals surface area contributed by atoms with Gasteiger partial charge in [-0.2, -0.15) is 5.10 Å². The largest absolute Gasteiger partial charge is 0.361 e. The standard InChI is InChI=1S/C22H23N5O/c1-2-27-13-10-21(25-27)22(28)26(16-17-6-5-11-23-14-17)12-9-18-15-24-20-8-4-3-7-19(18)20/h3-8,10-11,13-15,24H,2,9,12,16H2,1H3. The average molecular weight is 373 g/mol. The number of nitrogens with one attached hydrogen (secondary N) is 1. The molecule has 1 N–H and O–H groups in total. The predicted molar refractivity (Wildman–Crippen MR) is 109 cm³/mol. The highest BCUT2D eigenvalue weighted by molar-refractivity contribution is 5.92. The first-order valence-corrected chi connectivity index (χ1v) is 9.51. The molecule has 0 aliphatic heterocycles. The van der Waals surface area contributed by atoms with Crippen LogP contribution in [0, 0.1) is 0 Å². The maximum atomic E-state index is 13.1. The number of fused-ring (bicyclic) bond motifs is 1. The van der Waals surface area contributed by atoms with Crippen molar-refractivity contribution in [2.24, 2.45) is 0 Å². The fraction of sp³-hybridized carbons (Fsp3) is 0.227. The average Bonchev–Trinajstić information content (AvgIpc) is 3.38. The Morgan fingerprint density at radius 1 is 1.18 bits per heavy atom. The SMILES string of the molecule is CCn1ccc(C(=O)N(CCc2c[nH]c3ccccc23)Cc2cccnc2)n1. The molecule has 0 radical (unpaired) electrons. The molecule has 3 heterocycles. The van der Waals surface area contributed by atoms with Crippen molar-refractivity contribution in [2.75, 3.05) is 6.54 Å². The molecule has 6 nitrogen and oxygen atoms in total. The van der Waals surface area contributed by atoms with Gasteiger partial charge in [-0.3, -0.25) is 14.5 Å². The zero-order valence-electron chi connectivity index (χ0n) is 15.9. The Morgan fingerprint density at radius 2 is 2.07 bits per heavy atom. The normalized spacial score (nSPS) is 11.0. The van der Waals surface area contributed by atoms with Crippen LogP contribution in [0.3, 0.4) is 0 Å². The summed E-state index contributed by atoms with van der Waals surface area (Å²) in [6.45, 7) is 3.86. The molecule has 0 unspecified atom stereocenters. The Kier molecular flexibility index (Phi) is 5.19. The van der Waals surface area contributed by atoms with E-state index in [2.05, 4.69) is 27.2 Å². The Labute approximate surface area is 163 Å². The van der Waals surface area contributed by atoms with Crippen molar-refractivity contribution in [3.8, 4) is 0 Å².